The minimum Gasteiger partial charge on any atom is -0.481 e. The first-order valence-electron chi connectivity index (χ1n) is 7.69. The SMILES string of the molecule is O=C(O)Cc1c2n(c3ccccc13)C(c1ccccc1)=NCC2. The normalized spacial score (nSPS) is 13.7. The average molecular weight is 304 g/mol. The van der Waals surface area contributed by atoms with Crippen molar-refractivity contribution in [3.63, 3.8) is 0 Å². The number of fused-ring (bicyclic) bond motifs is 3. The van der Waals surface area contributed by atoms with E-state index < -0.39 is 5.97 Å². The fraction of sp³-hybridized carbons (Fsp3) is 0.158. The van der Waals surface area contributed by atoms with Crippen molar-refractivity contribution < 1.29 is 9.90 Å². The molecule has 0 saturated heterocycles. The summed E-state index contributed by atoms with van der Waals surface area (Å²) in [6.07, 6.45) is 0.818. The predicted octanol–water partition coefficient (Wildman–Crippen LogP) is 3.12. The number of hydrogen-bond donors (Lipinski definition) is 1. The van der Waals surface area contributed by atoms with Gasteiger partial charge in [-0.2, -0.15) is 0 Å². The van der Waals surface area contributed by atoms with Crippen molar-refractivity contribution in [2.75, 3.05) is 6.54 Å². The molecule has 0 unspecified atom stereocenters. The van der Waals surface area contributed by atoms with Crippen LogP contribution in [-0.2, 0) is 17.6 Å². The lowest BCUT2D eigenvalue weighted by molar-refractivity contribution is -0.136. The minimum absolute atomic E-state index is 0.0465. The van der Waals surface area contributed by atoms with E-state index in [2.05, 4.69) is 4.57 Å². The summed E-state index contributed by atoms with van der Waals surface area (Å²) in [6.45, 7) is 0.688. The van der Waals surface area contributed by atoms with Crippen LogP contribution in [0.1, 0.15) is 16.8 Å². The molecule has 4 nitrogen and oxygen atoms in total. The molecule has 4 rings (SSSR count). The molecule has 0 atom stereocenters. The zero-order valence-corrected chi connectivity index (χ0v) is 12.6. The molecule has 0 bridgehead atoms. The summed E-state index contributed by atoms with van der Waals surface area (Å²) in [7, 11) is 0. The fourth-order valence-electron chi connectivity index (χ4n) is 3.36. The molecule has 3 aromatic rings. The molecule has 2 heterocycles. The molecule has 1 aliphatic rings. The van der Waals surface area contributed by atoms with Gasteiger partial charge in [0.25, 0.3) is 0 Å². The molecule has 0 radical (unpaired) electrons. The molecule has 0 spiro atoms. The maximum Gasteiger partial charge on any atom is 0.307 e. The van der Waals surface area contributed by atoms with E-state index in [1.807, 2.05) is 54.6 Å². The zero-order chi connectivity index (χ0) is 15.8. The topological polar surface area (TPSA) is 54.6 Å². The van der Waals surface area contributed by atoms with Crippen LogP contribution >= 0.6 is 0 Å². The van der Waals surface area contributed by atoms with Crippen molar-refractivity contribution in [1.29, 1.82) is 0 Å². The summed E-state index contributed by atoms with van der Waals surface area (Å²) in [5, 5.41) is 10.3. The van der Waals surface area contributed by atoms with Crippen LogP contribution in [0.5, 0.6) is 0 Å². The number of benzene rings is 2. The van der Waals surface area contributed by atoms with E-state index in [1.54, 1.807) is 0 Å². The van der Waals surface area contributed by atoms with Crippen molar-refractivity contribution in [3.05, 3.63) is 71.4 Å². The molecule has 0 saturated carbocycles. The van der Waals surface area contributed by atoms with Crippen LogP contribution in [0.2, 0.25) is 0 Å². The summed E-state index contributed by atoms with van der Waals surface area (Å²) in [6, 6.07) is 18.0. The van der Waals surface area contributed by atoms with Crippen LogP contribution in [0.4, 0.5) is 0 Å². The third kappa shape index (κ3) is 2.23. The van der Waals surface area contributed by atoms with E-state index in [4.69, 9.17) is 4.99 Å². The number of aromatic nitrogens is 1. The smallest absolute Gasteiger partial charge is 0.307 e. The largest absolute Gasteiger partial charge is 0.481 e. The maximum absolute atomic E-state index is 11.3. The highest BCUT2D eigenvalue weighted by Gasteiger charge is 2.24. The standard InChI is InChI=1S/C19H16N2O2/c22-18(23)12-15-14-8-4-5-9-16(14)21-17(15)10-11-20-19(21)13-6-2-1-3-7-13/h1-9H,10-12H2,(H,22,23). The van der Waals surface area contributed by atoms with Gasteiger partial charge in [0, 0.05) is 29.6 Å². The quantitative estimate of drug-likeness (QED) is 0.808. The second-order valence-corrected chi connectivity index (χ2v) is 5.67. The minimum atomic E-state index is -0.798. The number of carboxylic acids is 1. The molecule has 4 heteroatoms. The Hall–Kier alpha value is -2.88. The van der Waals surface area contributed by atoms with E-state index in [0.29, 0.717) is 6.54 Å². The van der Waals surface area contributed by atoms with Crippen LogP contribution in [0.3, 0.4) is 0 Å². The van der Waals surface area contributed by atoms with Gasteiger partial charge in [-0.25, -0.2) is 0 Å². The Balaban J connectivity index is 2.00. The fourth-order valence-corrected chi connectivity index (χ4v) is 3.36. The van der Waals surface area contributed by atoms with E-state index in [1.165, 1.54) is 0 Å². The average Bonchev–Trinajstić information content (AvgIpc) is 2.90. The van der Waals surface area contributed by atoms with Gasteiger partial charge >= 0.3 is 5.97 Å². The highest BCUT2D eigenvalue weighted by atomic mass is 16.4. The highest BCUT2D eigenvalue weighted by Crippen LogP contribution is 2.30. The number of carboxylic acid groups (broad SMARTS) is 1. The second-order valence-electron chi connectivity index (χ2n) is 5.67. The first-order valence-corrected chi connectivity index (χ1v) is 7.69. The maximum atomic E-state index is 11.3. The Morgan fingerprint density at radius 2 is 1.83 bits per heavy atom. The van der Waals surface area contributed by atoms with Gasteiger partial charge in [-0.05, 0) is 11.6 Å². The van der Waals surface area contributed by atoms with Crippen LogP contribution in [0.15, 0.2) is 59.6 Å². The van der Waals surface area contributed by atoms with Gasteiger partial charge in [-0.3, -0.25) is 14.4 Å². The molecular weight excluding hydrogens is 288 g/mol. The highest BCUT2D eigenvalue weighted by molar-refractivity contribution is 6.08. The predicted molar refractivity (Wildman–Crippen MR) is 90.2 cm³/mol. The molecule has 1 aromatic heterocycles. The number of hydrogen-bond acceptors (Lipinski definition) is 2. The molecule has 2 aromatic carbocycles. The number of aliphatic carboxylic acids is 1. The Bertz CT molecular complexity index is 923. The monoisotopic (exact) mass is 304 g/mol. The summed E-state index contributed by atoms with van der Waals surface area (Å²) >= 11 is 0. The molecule has 0 aliphatic carbocycles. The van der Waals surface area contributed by atoms with Crippen LogP contribution in [-0.4, -0.2) is 28.0 Å². The van der Waals surface area contributed by atoms with Crippen molar-refractivity contribution in [3.8, 4) is 0 Å². The van der Waals surface area contributed by atoms with Crippen LogP contribution < -0.4 is 0 Å². The number of aliphatic imine (C=N–C) groups is 1. The Labute approximate surface area is 133 Å². The first-order chi connectivity index (χ1) is 11.3. The Kier molecular flexibility index (Phi) is 3.23. The van der Waals surface area contributed by atoms with Gasteiger partial charge in [-0.1, -0.05) is 48.5 Å². The summed E-state index contributed by atoms with van der Waals surface area (Å²) in [5.74, 6) is 0.104. The third-order valence-electron chi connectivity index (χ3n) is 4.27. The molecular formula is C19H16N2O2. The summed E-state index contributed by atoms with van der Waals surface area (Å²) in [4.78, 5) is 16.0. The first kappa shape index (κ1) is 13.8. The van der Waals surface area contributed by atoms with Crippen LogP contribution in [0, 0.1) is 0 Å². The van der Waals surface area contributed by atoms with Crippen molar-refractivity contribution in [2.45, 2.75) is 12.8 Å². The Morgan fingerprint density at radius 3 is 2.61 bits per heavy atom. The third-order valence-corrected chi connectivity index (χ3v) is 4.27. The number of nitrogens with zero attached hydrogens (tertiary/aromatic N) is 2. The van der Waals surface area contributed by atoms with E-state index in [0.717, 1.165) is 40.0 Å². The lowest BCUT2D eigenvalue weighted by Gasteiger charge is -2.19. The van der Waals surface area contributed by atoms with Crippen molar-refractivity contribution in [1.82, 2.24) is 4.57 Å². The molecule has 114 valence electrons. The van der Waals surface area contributed by atoms with Crippen molar-refractivity contribution >= 4 is 22.7 Å². The lowest BCUT2D eigenvalue weighted by atomic mass is 10.1. The van der Waals surface area contributed by atoms with Gasteiger partial charge in [-0.15, -0.1) is 0 Å². The van der Waals surface area contributed by atoms with Crippen molar-refractivity contribution in [2.24, 2.45) is 4.99 Å². The van der Waals surface area contributed by atoms with E-state index >= 15 is 0 Å². The van der Waals surface area contributed by atoms with Gasteiger partial charge in [0.1, 0.15) is 5.84 Å². The summed E-state index contributed by atoms with van der Waals surface area (Å²) in [5.41, 5.74) is 4.07. The van der Waals surface area contributed by atoms with Crippen LogP contribution in [0.25, 0.3) is 10.9 Å². The van der Waals surface area contributed by atoms with Gasteiger partial charge < -0.3 is 5.11 Å². The number of carbonyl (C=O) groups is 1. The number of para-hydroxylation sites is 1. The Morgan fingerprint density at radius 1 is 1.09 bits per heavy atom. The number of rotatable bonds is 3. The van der Waals surface area contributed by atoms with E-state index in [9.17, 15) is 9.90 Å². The van der Waals surface area contributed by atoms with Gasteiger partial charge in [0.05, 0.1) is 11.9 Å². The second kappa shape index (κ2) is 5.39. The van der Waals surface area contributed by atoms with Gasteiger partial charge in [0.15, 0.2) is 0 Å². The molecule has 0 amide bonds. The molecule has 1 N–H and O–H groups in total. The summed E-state index contributed by atoms with van der Waals surface area (Å²) < 4.78 is 2.13. The molecule has 1 aliphatic heterocycles. The lowest BCUT2D eigenvalue weighted by Crippen LogP contribution is -2.22. The van der Waals surface area contributed by atoms with E-state index in [-0.39, 0.29) is 6.42 Å². The molecule has 23 heavy (non-hydrogen) atoms. The van der Waals surface area contributed by atoms with Gasteiger partial charge in [0.2, 0.25) is 0 Å². The molecule has 0 fully saturated rings. The zero-order valence-electron chi connectivity index (χ0n) is 12.6.